The molecule has 0 bridgehead atoms. The molecule has 0 spiro atoms. The molecule has 0 aromatic rings. The molecule has 0 amide bonds. The van der Waals surface area contributed by atoms with E-state index in [-0.39, 0.29) is 0 Å². The van der Waals surface area contributed by atoms with Crippen LogP contribution in [-0.4, -0.2) is 25.5 Å². The lowest BCUT2D eigenvalue weighted by molar-refractivity contribution is 0.115. The Kier molecular flexibility index (Phi) is 10.9. The Labute approximate surface area is 126 Å². The minimum atomic E-state index is 0.445. The Morgan fingerprint density at radius 3 is 2.35 bits per heavy atom. The van der Waals surface area contributed by atoms with E-state index in [2.05, 4.69) is 25.1 Å². The van der Waals surface area contributed by atoms with Crippen LogP contribution in [0.15, 0.2) is 4.99 Å². The predicted octanol–water partition coefficient (Wildman–Crippen LogP) is 5.40. The van der Waals surface area contributed by atoms with Crippen molar-refractivity contribution in [1.82, 2.24) is 0 Å². The van der Waals surface area contributed by atoms with Gasteiger partial charge < -0.3 is 4.74 Å². The highest BCUT2D eigenvalue weighted by molar-refractivity contribution is 5.63. The quantitative estimate of drug-likeness (QED) is 0.414. The van der Waals surface area contributed by atoms with Crippen molar-refractivity contribution in [1.29, 1.82) is 0 Å². The van der Waals surface area contributed by atoms with E-state index in [1.807, 2.05) is 0 Å². The van der Waals surface area contributed by atoms with E-state index in [0.29, 0.717) is 6.04 Å². The van der Waals surface area contributed by atoms with Crippen LogP contribution in [0, 0.1) is 5.92 Å². The summed E-state index contributed by atoms with van der Waals surface area (Å²) in [6, 6.07) is 0.445. The first-order chi connectivity index (χ1) is 9.86. The normalized spacial score (nSPS) is 21.7. The molecule has 1 aliphatic heterocycles. The van der Waals surface area contributed by atoms with Gasteiger partial charge in [0.15, 0.2) is 0 Å². The van der Waals surface area contributed by atoms with Gasteiger partial charge in [-0.1, -0.05) is 65.2 Å². The topological polar surface area (TPSA) is 21.6 Å². The van der Waals surface area contributed by atoms with Crippen LogP contribution >= 0.6 is 0 Å². The molecule has 1 aliphatic rings. The summed E-state index contributed by atoms with van der Waals surface area (Å²) in [5.74, 6) is 0.719. The molecule has 2 nitrogen and oxygen atoms in total. The molecule has 0 aliphatic carbocycles. The molecule has 0 radical (unpaired) electrons. The highest BCUT2D eigenvalue weighted by Crippen LogP contribution is 2.20. The van der Waals surface area contributed by atoms with Gasteiger partial charge in [-0.25, -0.2) is 0 Å². The lowest BCUT2D eigenvalue weighted by Gasteiger charge is -2.10. The van der Waals surface area contributed by atoms with Crippen molar-refractivity contribution in [3.05, 3.63) is 0 Å². The highest BCUT2D eigenvalue weighted by Gasteiger charge is 2.19. The SMILES string of the molecule is CCCCCCCCCCOCC1CC(CCC)C=N1. The van der Waals surface area contributed by atoms with Crippen LogP contribution in [0.5, 0.6) is 0 Å². The van der Waals surface area contributed by atoms with Gasteiger partial charge in [0.1, 0.15) is 0 Å². The second-order valence-electron chi connectivity index (χ2n) is 6.29. The van der Waals surface area contributed by atoms with Gasteiger partial charge >= 0.3 is 0 Å². The summed E-state index contributed by atoms with van der Waals surface area (Å²) in [5, 5.41) is 0. The van der Waals surface area contributed by atoms with Gasteiger partial charge in [0.2, 0.25) is 0 Å². The number of hydrogen-bond donors (Lipinski definition) is 0. The van der Waals surface area contributed by atoms with Crippen molar-refractivity contribution in [2.24, 2.45) is 10.9 Å². The molecule has 0 N–H and O–H groups in total. The summed E-state index contributed by atoms with van der Waals surface area (Å²) in [4.78, 5) is 4.56. The van der Waals surface area contributed by atoms with Crippen LogP contribution in [0.2, 0.25) is 0 Å². The van der Waals surface area contributed by atoms with Crippen LogP contribution in [0.4, 0.5) is 0 Å². The Hall–Kier alpha value is -0.370. The molecule has 0 saturated carbocycles. The van der Waals surface area contributed by atoms with Crippen LogP contribution in [-0.2, 0) is 4.74 Å². The van der Waals surface area contributed by atoms with Gasteiger partial charge in [-0.2, -0.15) is 0 Å². The molecule has 20 heavy (non-hydrogen) atoms. The van der Waals surface area contributed by atoms with Crippen molar-refractivity contribution >= 4 is 6.21 Å². The summed E-state index contributed by atoms with van der Waals surface area (Å²) < 4.78 is 5.78. The van der Waals surface area contributed by atoms with Crippen LogP contribution in [0.25, 0.3) is 0 Å². The summed E-state index contributed by atoms with van der Waals surface area (Å²) in [6.45, 7) is 6.29. The van der Waals surface area contributed by atoms with Crippen molar-refractivity contribution in [2.45, 2.75) is 90.5 Å². The van der Waals surface area contributed by atoms with Crippen molar-refractivity contribution in [3.63, 3.8) is 0 Å². The van der Waals surface area contributed by atoms with Crippen LogP contribution < -0.4 is 0 Å². The largest absolute Gasteiger partial charge is 0.379 e. The molecule has 1 rings (SSSR count). The summed E-state index contributed by atoms with van der Waals surface area (Å²) in [6.07, 6.45) is 16.9. The Morgan fingerprint density at radius 2 is 1.65 bits per heavy atom. The second-order valence-corrected chi connectivity index (χ2v) is 6.29. The van der Waals surface area contributed by atoms with Crippen LogP contribution in [0.3, 0.4) is 0 Å². The Bertz CT molecular complexity index is 240. The van der Waals surface area contributed by atoms with Crippen LogP contribution in [0.1, 0.15) is 84.5 Å². The fourth-order valence-electron chi connectivity index (χ4n) is 2.95. The number of rotatable bonds is 13. The number of nitrogens with zero attached hydrogens (tertiary/aromatic N) is 1. The molecule has 2 atom stereocenters. The minimum Gasteiger partial charge on any atom is -0.379 e. The summed E-state index contributed by atoms with van der Waals surface area (Å²) in [5.41, 5.74) is 0. The predicted molar refractivity (Wildman–Crippen MR) is 88.7 cm³/mol. The van der Waals surface area contributed by atoms with E-state index in [9.17, 15) is 0 Å². The summed E-state index contributed by atoms with van der Waals surface area (Å²) >= 11 is 0. The molecule has 0 fully saturated rings. The third-order valence-corrected chi connectivity index (χ3v) is 4.19. The van der Waals surface area contributed by atoms with E-state index in [1.54, 1.807) is 0 Å². The average molecular weight is 281 g/mol. The third-order valence-electron chi connectivity index (χ3n) is 4.19. The molecular weight excluding hydrogens is 246 g/mol. The molecule has 2 heteroatoms. The first kappa shape index (κ1) is 17.7. The maximum Gasteiger partial charge on any atom is 0.0735 e. The van der Waals surface area contributed by atoms with E-state index in [4.69, 9.17) is 4.74 Å². The number of aliphatic imine (C=N–C) groups is 1. The van der Waals surface area contributed by atoms with Crippen molar-refractivity contribution in [2.75, 3.05) is 13.2 Å². The van der Waals surface area contributed by atoms with Gasteiger partial charge in [0, 0.05) is 12.8 Å². The lowest BCUT2D eigenvalue weighted by Crippen LogP contribution is -2.13. The fourth-order valence-corrected chi connectivity index (χ4v) is 2.95. The second kappa shape index (κ2) is 12.4. The zero-order valence-corrected chi connectivity index (χ0v) is 13.8. The van der Waals surface area contributed by atoms with Gasteiger partial charge in [-0.3, -0.25) is 4.99 Å². The van der Waals surface area contributed by atoms with Crippen molar-refractivity contribution < 1.29 is 4.74 Å². The minimum absolute atomic E-state index is 0.445. The zero-order valence-electron chi connectivity index (χ0n) is 13.8. The van der Waals surface area contributed by atoms with Gasteiger partial charge in [-0.05, 0) is 25.2 Å². The maximum absolute atomic E-state index is 5.78. The zero-order chi connectivity index (χ0) is 14.5. The molecule has 118 valence electrons. The lowest BCUT2D eigenvalue weighted by atomic mass is 10.0. The Balaban J connectivity index is 1.80. The van der Waals surface area contributed by atoms with Gasteiger partial charge in [-0.15, -0.1) is 0 Å². The van der Waals surface area contributed by atoms with Gasteiger partial charge in [0.25, 0.3) is 0 Å². The van der Waals surface area contributed by atoms with E-state index < -0.39 is 0 Å². The molecule has 0 saturated heterocycles. The number of ether oxygens (including phenoxy) is 1. The fraction of sp³-hybridized carbons (Fsp3) is 0.944. The van der Waals surface area contributed by atoms with E-state index >= 15 is 0 Å². The monoisotopic (exact) mass is 281 g/mol. The smallest absolute Gasteiger partial charge is 0.0735 e. The first-order valence-electron chi connectivity index (χ1n) is 8.97. The number of unbranched alkanes of at least 4 members (excludes halogenated alkanes) is 7. The maximum atomic E-state index is 5.78. The first-order valence-corrected chi connectivity index (χ1v) is 8.97. The standard InChI is InChI=1S/C18H35NO/c1-3-5-6-7-8-9-10-11-13-20-16-18-14-17(12-4-2)15-19-18/h15,17-18H,3-14,16H2,1-2H3. The highest BCUT2D eigenvalue weighted by atomic mass is 16.5. The van der Waals surface area contributed by atoms with E-state index in [1.165, 1.54) is 70.6 Å². The van der Waals surface area contributed by atoms with E-state index in [0.717, 1.165) is 19.1 Å². The molecule has 0 aromatic carbocycles. The van der Waals surface area contributed by atoms with Gasteiger partial charge in [0.05, 0.1) is 12.6 Å². The number of hydrogen-bond acceptors (Lipinski definition) is 2. The Morgan fingerprint density at radius 1 is 0.950 bits per heavy atom. The summed E-state index contributed by atoms with van der Waals surface area (Å²) in [7, 11) is 0. The van der Waals surface area contributed by atoms with Crippen molar-refractivity contribution in [3.8, 4) is 0 Å². The average Bonchev–Trinajstić information content (AvgIpc) is 2.89. The molecule has 1 heterocycles. The molecule has 2 unspecified atom stereocenters. The third kappa shape index (κ3) is 8.73. The molecule has 0 aromatic heterocycles. The molecular formula is C18H35NO.